The van der Waals surface area contributed by atoms with Crippen molar-refractivity contribution in [2.45, 2.75) is 12.8 Å². The van der Waals surface area contributed by atoms with Crippen LogP contribution in [0.15, 0.2) is 78.9 Å². The molecule has 0 spiro atoms. The van der Waals surface area contributed by atoms with Gasteiger partial charge in [0.25, 0.3) is 0 Å². The third kappa shape index (κ3) is 3.17. The van der Waals surface area contributed by atoms with Crippen molar-refractivity contribution in [1.29, 1.82) is 0 Å². The molecule has 0 aliphatic rings. The van der Waals surface area contributed by atoms with E-state index in [4.69, 9.17) is 0 Å². The normalized spacial score (nSPS) is 11.0. The molecule has 0 amide bonds. The second kappa shape index (κ2) is 7.00. The highest BCUT2D eigenvalue weighted by atomic mass is 16.2. The number of nitrogens with one attached hydrogen (secondary N) is 1. The lowest BCUT2D eigenvalue weighted by Gasteiger charge is -2.13. The summed E-state index contributed by atoms with van der Waals surface area (Å²) >= 11 is 0. The highest BCUT2D eigenvalue weighted by molar-refractivity contribution is 6.19. The van der Waals surface area contributed by atoms with Crippen LogP contribution in [-0.2, 0) is 0 Å². The molecule has 0 aliphatic heterocycles. The van der Waals surface area contributed by atoms with Gasteiger partial charge in [0.15, 0.2) is 11.6 Å². The molecule has 0 bridgehead atoms. The number of carbonyl (C=O) groups is 2. The summed E-state index contributed by atoms with van der Waals surface area (Å²) in [6.45, 7) is 1.96. The number of benzene rings is 3. The maximum Gasteiger partial charge on any atom is 0.181 e. The van der Waals surface area contributed by atoms with E-state index >= 15 is 0 Å². The van der Waals surface area contributed by atoms with Crippen LogP contribution in [0.25, 0.3) is 11.0 Å². The number of hydrogen-bond acceptors (Lipinski definition) is 3. The number of carbonyl (C=O) groups excluding carboxylic acids is 2. The number of hydrogen-bond donors (Lipinski definition) is 1. The molecular weight excluding hydrogens is 336 g/mol. The monoisotopic (exact) mass is 354 g/mol. The van der Waals surface area contributed by atoms with Crippen LogP contribution in [0, 0.1) is 6.92 Å². The number of para-hydroxylation sites is 1. The van der Waals surface area contributed by atoms with E-state index in [1.54, 1.807) is 48.5 Å². The van der Waals surface area contributed by atoms with Gasteiger partial charge in [-0.3, -0.25) is 9.59 Å². The summed E-state index contributed by atoms with van der Waals surface area (Å²) in [6.07, 6.45) is 0. The lowest BCUT2D eigenvalue weighted by atomic mass is 9.89. The minimum absolute atomic E-state index is 0.263. The van der Waals surface area contributed by atoms with Gasteiger partial charge in [-0.2, -0.15) is 0 Å². The minimum atomic E-state index is -1.01. The molecule has 1 N–H and O–H groups in total. The van der Waals surface area contributed by atoms with E-state index in [1.807, 2.05) is 37.3 Å². The first-order valence-electron chi connectivity index (χ1n) is 8.79. The molecule has 0 aliphatic carbocycles. The van der Waals surface area contributed by atoms with Crippen LogP contribution < -0.4 is 0 Å². The Hall–Kier alpha value is -3.53. The Kier molecular flexibility index (Phi) is 4.38. The summed E-state index contributed by atoms with van der Waals surface area (Å²) in [5.74, 6) is -1.16. The number of rotatable bonds is 5. The molecule has 0 atom stereocenters. The zero-order chi connectivity index (χ0) is 18.8. The quantitative estimate of drug-likeness (QED) is 0.417. The lowest BCUT2D eigenvalue weighted by Crippen LogP contribution is -2.23. The number of Topliss-reactive ketones (excluding diaryl/α,β-unsaturated/α-hetero) is 2. The third-order valence-electron chi connectivity index (χ3n) is 4.65. The second-order valence-corrected chi connectivity index (χ2v) is 6.49. The molecule has 0 unspecified atom stereocenters. The molecule has 4 nitrogen and oxygen atoms in total. The number of aryl methyl sites for hydroxylation is 1. The number of aromatic amines is 1. The van der Waals surface area contributed by atoms with Gasteiger partial charge in [0, 0.05) is 11.1 Å². The largest absolute Gasteiger partial charge is 0.341 e. The highest BCUT2D eigenvalue weighted by Crippen LogP contribution is 2.26. The molecule has 0 fully saturated rings. The number of fused-ring (bicyclic) bond motifs is 1. The Morgan fingerprint density at radius 1 is 0.778 bits per heavy atom. The minimum Gasteiger partial charge on any atom is -0.341 e. The number of nitrogens with zero attached hydrogens (tertiary/aromatic N) is 1. The zero-order valence-corrected chi connectivity index (χ0v) is 14.8. The predicted octanol–water partition coefficient (Wildman–Crippen LogP) is 4.72. The lowest BCUT2D eigenvalue weighted by molar-refractivity contribution is 0.0856. The first-order chi connectivity index (χ1) is 13.1. The molecule has 4 aromatic rings. The first kappa shape index (κ1) is 16.9. The summed E-state index contributed by atoms with van der Waals surface area (Å²) in [5, 5.41) is 0. The van der Waals surface area contributed by atoms with E-state index in [0.29, 0.717) is 17.0 Å². The Morgan fingerprint density at radius 3 is 1.85 bits per heavy atom. The summed E-state index contributed by atoms with van der Waals surface area (Å²) in [6, 6.07) is 23.5. The average Bonchev–Trinajstić information content (AvgIpc) is 3.14. The van der Waals surface area contributed by atoms with Crippen molar-refractivity contribution in [2.75, 3.05) is 0 Å². The van der Waals surface area contributed by atoms with Crippen molar-refractivity contribution in [2.24, 2.45) is 0 Å². The third-order valence-corrected chi connectivity index (χ3v) is 4.65. The molecule has 27 heavy (non-hydrogen) atoms. The van der Waals surface area contributed by atoms with Crippen LogP contribution in [-0.4, -0.2) is 21.5 Å². The van der Waals surface area contributed by atoms with Gasteiger partial charge in [-0.15, -0.1) is 0 Å². The summed E-state index contributed by atoms with van der Waals surface area (Å²) in [4.78, 5) is 34.3. The van der Waals surface area contributed by atoms with E-state index in [9.17, 15) is 9.59 Å². The van der Waals surface area contributed by atoms with Gasteiger partial charge in [0.1, 0.15) is 11.7 Å². The number of H-pyrrole nitrogens is 1. The number of ketones is 2. The molecule has 1 heterocycles. The predicted molar refractivity (Wildman–Crippen MR) is 105 cm³/mol. The molecule has 1 aromatic heterocycles. The van der Waals surface area contributed by atoms with Crippen LogP contribution in [0.5, 0.6) is 0 Å². The molecule has 0 radical (unpaired) electrons. The van der Waals surface area contributed by atoms with Gasteiger partial charge in [0.05, 0.1) is 11.0 Å². The molecular formula is C23H18N2O2. The number of aromatic nitrogens is 2. The van der Waals surface area contributed by atoms with Crippen LogP contribution in [0.1, 0.15) is 38.0 Å². The van der Waals surface area contributed by atoms with E-state index in [1.165, 1.54) is 0 Å². The van der Waals surface area contributed by atoms with E-state index in [0.717, 1.165) is 16.6 Å². The van der Waals surface area contributed by atoms with Crippen molar-refractivity contribution in [3.63, 3.8) is 0 Å². The van der Waals surface area contributed by atoms with E-state index in [-0.39, 0.29) is 11.6 Å². The first-order valence-corrected chi connectivity index (χ1v) is 8.79. The molecule has 132 valence electrons. The molecule has 3 aromatic carbocycles. The fourth-order valence-electron chi connectivity index (χ4n) is 3.24. The van der Waals surface area contributed by atoms with Crippen molar-refractivity contribution in [1.82, 2.24) is 9.97 Å². The SMILES string of the molecule is Cc1cccc2[nH]c(C(C(=O)c3ccccc3)C(=O)c3ccccc3)nc12. The van der Waals surface area contributed by atoms with Gasteiger partial charge in [-0.1, -0.05) is 72.8 Å². The number of imidazole rings is 1. The van der Waals surface area contributed by atoms with Gasteiger partial charge in [0.2, 0.25) is 0 Å². The molecule has 4 heteroatoms. The van der Waals surface area contributed by atoms with Gasteiger partial charge < -0.3 is 4.98 Å². The summed E-state index contributed by atoms with van der Waals surface area (Å²) < 4.78 is 0. The van der Waals surface area contributed by atoms with Gasteiger partial charge >= 0.3 is 0 Å². The smallest absolute Gasteiger partial charge is 0.181 e. The van der Waals surface area contributed by atoms with Crippen molar-refractivity contribution >= 4 is 22.6 Å². The van der Waals surface area contributed by atoms with Crippen LogP contribution in [0.2, 0.25) is 0 Å². The second-order valence-electron chi connectivity index (χ2n) is 6.49. The standard InChI is InChI=1S/C23H18N2O2/c1-15-9-8-14-18-20(15)25-23(24-18)19(21(26)16-10-4-2-5-11-16)22(27)17-12-6-3-7-13-17/h2-14,19H,1H3,(H,24,25). The maximum absolute atomic E-state index is 13.2. The summed E-state index contributed by atoms with van der Waals surface area (Å²) in [5.41, 5.74) is 3.57. The summed E-state index contributed by atoms with van der Waals surface area (Å²) in [7, 11) is 0. The molecule has 0 saturated carbocycles. The fourth-order valence-corrected chi connectivity index (χ4v) is 3.24. The van der Waals surface area contributed by atoms with Gasteiger partial charge in [-0.25, -0.2) is 4.98 Å². The molecule has 0 saturated heterocycles. The highest BCUT2D eigenvalue weighted by Gasteiger charge is 2.33. The van der Waals surface area contributed by atoms with Crippen molar-refractivity contribution in [3.8, 4) is 0 Å². The Bertz CT molecular complexity index is 1060. The maximum atomic E-state index is 13.2. The van der Waals surface area contributed by atoms with Crippen LogP contribution in [0.4, 0.5) is 0 Å². The Morgan fingerprint density at radius 2 is 1.33 bits per heavy atom. The average molecular weight is 354 g/mol. The Labute approximate surface area is 156 Å². The van der Waals surface area contributed by atoms with E-state index in [2.05, 4.69) is 9.97 Å². The zero-order valence-electron chi connectivity index (χ0n) is 14.8. The van der Waals surface area contributed by atoms with Crippen molar-refractivity contribution in [3.05, 3.63) is 101 Å². The topological polar surface area (TPSA) is 62.8 Å². The van der Waals surface area contributed by atoms with Gasteiger partial charge in [-0.05, 0) is 18.6 Å². The van der Waals surface area contributed by atoms with Crippen LogP contribution in [0.3, 0.4) is 0 Å². The Balaban J connectivity index is 1.86. The molecule has 4 rings (SSSR count). The fraction of sp³-hybridized carbons (Fsp3) is 0.0870. The van der Waals surface area contributed by atoms with Crippen molar-refractivity contribution < 1.29 is 9.59 Å². The van der Waals surface area contributed by atoms with E-state index < -0.39 is 5.92 Å². The van der Waals surface area contributed by atoms with Crippen LogP contribution >= 0.6 is 0 Å².